The Morgan fingerprint density at radius 3 is 2.90 bits per heavy atom. The highest BCUT2D eigenvalue weighted by Crippen LogP contribution is 2.19. The summed E-state index contributed by atoms with van der Waals surface area (Å²) >= 11 is 0. The summed E-state index contributed by atoms with van der Waals surface area (Å²) < 4.78 is 42.6. The van der Waals surface area contributed by atoms with E-state index >= 15 is 0 Å². The molecule has 0 aliphatic carbocycles. The van der Waals surface area contributed by atoms with E-state index in [-0.39, 0.29) is 6.61 Å². The molecule has 0 unspecified atom stereocenters. The van der Waals surface area contributed by atoms with E-state index < -0.39 is 12.8 Å². The van der Waals surface area contributed by atoms with Gasteiger partial charge in [-0.15, -0.1) is 0 Å². The maximum absolute atomic E-state index is 12.0. The summed E-state index contributed by atoms with van der Waals surface area (Å²) in [4.78, 5) is 4.29. The zero-order valence-electron chi connectivity index (χ0n) is 11.8. The van der Waals surface area contributed by atoms with Crippen LogP contribution in [-0.2, 0) is 17.8 Å². The molecular weight excluding hydrogens is 283 g/mol. The third kappa shape index (κ3) is 4.44. The quantitative estimate of drug-likeness (QED) is 0.799. The van der Waals surface area contributed by atoms with Gasteiger partial charge in [0, 0.05) is 30.9 Å². The summed E-state index contributed by atoms with van der Waals surface area (Å²) in [5.41, 5.74) is 1.84. The van der Waals surface area contributed by atoms with Crippen LogP contribution in [-0.4, -0.2) is 35.5 Å². The first-order valence-electron chi connectivity index (χ1n) is 6.79. The van der Waals surface area contributed by atoms with Crippen LogP contribution < -0.4 is 5.32 Å². The predicted molar refractivity (Wildman–Crippen MR) is 74.0 cm³/mol. The van der Waals surface area contributed by atoms with Gasteiger partial charge in [0.05, 0.1) is 6.61 Å². The minimum absolute atomic E-state index is 0.000507. The van der Waals surface area contributed by atoms with Gasteiger partial charge in [0.25, 0.3) is 0 Å². The lowest BCUT2D eigenvalue weighted by Crippen LogP contribution is -2.19. The summed E-state index contributed by atoms with van der Waals surface area (Å²) in [7, 11) is 0. The maximum Gasteiger partial charge on any atom is 0.411 e. The van der Waals surface area contributed by atoms with Gasteiger partial charge in [0.2, 0.25) is 0 Å². The minimum Gasteiger partial charge on any atom is -0.370 e. The van der Waals surface area contributed by atoms with Crippen LogP contribution in [0.1, 0.15) is 12.5 Å². The van der Waals surface area contributed by atoms with E-state index in [9.17, 15) is 13.2 Å². The number of ether oxygens (including phenoxy) is 1. The lowest BCUT2D eigenvalue weighted by atomic mass is 10.2. The van der Waals surface area contributed by atoms with Gasteiger partial charge in [-0.3, -0.25) is 0 Å². The molecule has 0 fully saturated rings. The Morgan fingerprint density at radius 2 is 2.19 bits per heavy atom. The third-order valence-electron chi connectivity index (χ3n) is 3.02. The first kappa shape index (κ1) is 15.8. The fraction of sp³-hybridized carbons (Fsp3) is 0.500. The van der Waals surface area contributed by atoms with E-state index in [1.165, 1.54) is 0 Å². The normalized spacial score (nSPS) is 12.2. The summed E-state index contributed by atoms with van der Waals surface area (Å²) in [6, 6.07) is 3.81. The standard InChI is InChI=1S/C14H18F3N3O/c1-2-18-8-11-9-20(6-7-21-10-14(15,16)17)13-12(11)4-3-5-19-13/h3-5,9,18H,2,6-8,10H2,1H3. The molecular formula is C14H18F3N3O. The highest BCUT2D eigenvalue weighted by Gasteiger charge is 2.27. The number of halogens is 3. The van der Waals surface area contributed by atoms with E-state index in [0.717, 1.165) is 23.1 Å². The fourth-order valence-electron chi connectivity index (χ4n) is 2.12. The molecule has 0 bridgehead atoms. The molecule has 0 saturated heterocycles. The number of hydrogen-bond acceptors (Lipinski definition) is 3. The van der Waals surface area contributed by atoms with Gasteiger partial charge >= 0.3 is 6.18 Å². The van der Waals surface area contributed by atoms with Crippen molar-refractivity contribution < 1.29 is 17.9 Å². The van der Waals surface area contributed by atoms with Gasteiger partial charge in [-0.2, -0.15) is 13.2 Å². The van der Waals surface area contributed by atoms with Gasteiger partial charge in [0.15, 0.2) is 0 Å². The molecule has 0 radical (unpaired) electrons. The second-order valence-corrected chi connectivity index (χ2v) is 4.67. The van der Waals surface area contributed by atoms with Gasteiger partial charge in [-0.25, -0.2) is 4.98 Å². The Bertz CT molecular complexity index is 580. The molecule has 0 amide bonds. The topological polar surface area (TPSA) is 39.1 Å². The molecule has 2 aromatic rings. The monoisotopic (exact) mass is 301 g/mol. The molecule has 4 nitrogen and oxygen atoms in total. The van der Waals surface area contributed by atoms with Gasteiger partial charge in [0.1, 0.15) is 12.3 Å². The van der Waals surface area contributed by atoms with E-state index in [4.69, 9.17) is 0 Å². The zero-order valence-corrected chi connectivity index (χ0v) is 11.8. The van der Waals surface area contributed by atoms with E-state index in [1.807, 2.05) is 29.8 Å². The molecule has 0 aliphatic heterocycles. The zero-order chi connectivity index (χ0) is 15.3. The largest absolute Gasteiger partial charge is 0.411 e. The number of nitrogens with zero attached hydrogens (tertiary/aromatic N) is 2. The molecule has 0 spiro atoms. The number of nitrogens with one attached hydrogen (secondary N) is 1. The van der Waals surface area contributed by atoms with Gasteiger partial charge < -0.3 is 14.6 Å². The van der Waals surface area contributed by atoms with Crippen molar-refractivity contribution in [2.45, 2.75) is 26.2 Å². The molecule has 0 aromatic carbocycles. The van der Waals surface area contributed by atoms with Crippen molar-refractivity contribution in [1.82, 2.24) is 14.9 Å². The lowest BCUT2D eigenvalue weighted by molar-refractivity contribution is -0.174. The molecule has 2 aromatic heterocycles. The lowest BCUT2D eigenvalue weighted by Gasteiger charge is -2.08. The molecule has 0 atom stereocenters. The van der Waals surface area contributed by atoms with Crippen molar-refractivity contribution in [3.63, 3.8) is 0 Å². The van der Waals surface area contributed by atoms with Crippen LogP contribution in [0.25, 0.3) is 11.0 Å². The first-order chi connectivity index (χ1) is 10.0. The molecule has 21 heavy (non-hydrogen) atoms. The van der Waals surface area contributed by atoms with Crippen molar-refractivity contribution >= 4 is 11.0 Å². The van der Waals surface area contributed by atoms with Crippen molar-refractivity contribution in [2.75, 3.05) is 19.8 Å². The van der Waals surface area contributed by atoms with Gasteiger partial charge in [-0.1, -0.05) is 6.92 Å². The molecule has 7 heteroatoms. The summed E-state index contributed by atoms with van der Waals surface area (Å²) in [5, 5.41) is 4.24. The minimum atomic E-state index is -4.28. The van der Waals surface area contributed by atoms with Crippen molar-refractivity contribution in [3.05, 3.63) is 30.1 Å². The number of aromatic nitrogens is 2. The highest BCUT2D eigenvalue weighted by atomic mass is 19.4. The van der Waals surface area contributed by atoms with Crippen molar-refractivity contribution in [1.29, 1.82) is 0 Å². The molecule has 116 valence electrons. The second kappa shape index (κ2) is 6.91. The summed E-state index contributed by atoms with van der Waals surface area (Å²) in [6.45, 7) is 2.69. The number of hydrogen-bond donors (Lipinski definition) is 1. The Labute approximate surface area is 120 Å². The maximum atomic E-state index is 12.0. The Kier molecular flexibility index (Phi) is 5.19. The van der Waals surface area contributed by atoms with Crippen molar-refractivity contribution in [3.8, 4) is 0 Å². The molecule has 0 saturated carbocycles. The summed E-state index contributed by atoms with van der Waals surface area (Å²) in [5.74, 6) is 0. The first-order valence-corrected chi connectivity index (χ1v) is 6.79. The molecule has 0 aliphatic rings. The number of pyridine rings is 1. The number of alkyl halides is 3. The van der Waals surface area contributed by atoms with Crippen LogP contribution in [0, 0.1) is 0 Å². The van der Waals surface area contributed by atoms with Crippen LogP contribution in [0.3, 0.4) is 0 Å². The van der Waals surface area contributed by atoms with Crippen LogP contribution in [0.15, 0.2) is 24.5 Å². The van der Waals surface area contributed by atoms with Crippen molar-refractivity contribution in [2.24, 2.45) is 0 Å². The van der Waals surface area contributed by atoms with Crippen LogP contribution in [0.4, 0.5) is 13.2 Å². The fourth-order valence-corrected chi connectivity index (χ4v) is 2.12. The molecule has 2 heterocycles. The van der Waals surface area contributed by atoms with E-state index in [2.05, 4.69) is 15.0 Å². The van der Waals surface area contributed by atoms with E-state index in [0.29, 0.717) is 13.1 Å². The third-order valence-corrected chi connectivity index (χ3v) is 3.02. The second-order valence-electron chi connectivity index (χ2n) is 4.67. The van der Waals surface area contributed by atoms with Crippen LogP contribution in [0.2, 0.25) is 0 Å². The number of rotatable bonds is 7. The average Bonchev–Trinajstić information content (AvgIpc) is 2.79. The Hall–Kier alpha value is -1.60. The summed E-state index contributed by atoms with van der Waals surface area (Å²) in [6.07, 6.45) is -0.697. The van der Waals surface area contributed by atoms with Crippen LogP contribution in [0.5, 0.6) is 0 Å². The number of fused-ring (bicyclic) bond motifs is 1. The Balaban J connectivity index is 2.05. The average molecular weight is 301 g/mol. The van der Waals surface area contributed by atoms with Gasteiger partial charge in [-0.05, 0) is 24.2 Å². The Morgan fingerprint density at radius 1 is 1.38 bits per heavy atom. The molecule has 1 N–H and O–H groups in total. The highest BCUT2D eigenvalue weighted by molar-refractivity contribution is 5.80. The predicted octanol–water partition coefficient (Wildman–Crippen LogP) is 2.72. The van der Waals surface area contributed by atoms with Crippen LogP contribution >= 0.6 is 0 Å². The SMILES string of the molecule is CCNCc1cn(CCOCC(F)(F)F)c2ncccc12. The smallest absolute Gasteiger partial charge is 0.370 e. The molecule has 2 rings (SSSR count). The van der Waals surface area contributed by atoms with E-state index in [1.54, 1.807) is 6.20 Å².